The molecule has 0 aromatic carbocycles. The normalized spacial score (nSPS) is 18.2. The average molecular weight is 183 g/mol. The van der Waals surface area contributed by atoms with E-state index in [0.717, 1.165) is 19.1 Å². The number of nitrogens with one attached hydrogen (secondary N) is 1. The summed E-state index contributed by atoms with van der Waals surface area (Å²) in [6.45, 7) is 0.499. The van der Waals surface area contributed by atoms with Gasteiger partial charge < -0.3 is 10.1 Å². The maximum atomic E-state index is 11.4. The first-order valence-corrected chi connectivity index (χ1v) is 5.06. The molecule has 3 nitrogen and oxygen atoms in total. The van der Waals surface area contributed by atoms with Crippen LogP contribution in [0.15, 0.2) is 0 Å². The Balaban J connectivity index is 2.17. The Kier molecular flexibility index (Phi) is 4.50. The Labute approximate surface area is 78.9 Å². The van der Waals surface area contributed by atoms with Crippen molar-refractivity contribution in [2.24, 2.45) is 5.92 Å². The fourth-order valence-electron chi connectivity index (χ4n) is 1.76. The maximum Gasteiger partial charge on any atom is 0.223 e. The van der Waals surface area contributed by atoms with Gasteiger partial charge >= 0.3 is 0 Å². The lowest BCUT2D eigenvalue weighted by molar-refractivity contribution is -0.125. The second-order valence-corrected chi connectivity index (χ2v) is 3.58. The van der Waals surface area contributed by atoms with Gasteiger partial charge in [-0.3, -0.25) is 4.79 Å². The highest BCUT2D eigenvalue weighted by atomic mass is 16.2. The SMILES string of the molecule is O=CCCNC(=O)C1CCCCC1. The third-order valence-corrected chi connectivity index (χ3v) is 2.54. The second kappa shape index (κ2) is 5.73. The molecule has 0 aliphatic heterocycles. The van der Waals surface area contributed by atoms with E-state index in [1.54, 1.807) is 0 Å². The van der Waals surface area contributed by atoms with Crippen molar-refractivity contribution in [3.63, 3.8) is 0 Å². The second-order valence-electron chi connectivity index (χ2n) is 3.58. The van der Waals surface area contributed by atoms with Crippen LogP contribution in [0.2, 0.25) is 0 Å². The summed E-state index contributed by atoms with van der Waals surface area (Å²) in [6, 6.07) is 0. The van der Waals surface area contributed by atoms with Gasteiger partial charge in [0.1, 0.15) is 6.29 Å². The average Bonchev–Trinajstić information content (AvgIpc) is 2.19. The summed E-state index contributed by atoms with van der Waals surface area (Å²) >= 11 is 0. The van der Waals surface area contributed by atoms with Gasteiger partial charge in [-0.05, 0) is 12.8 Å². The Morgan fingerprint density at radius 2 is 2.00 bits per heavy atom. The minimum absolute atomic E-state index is 0.140. The van der Waals surface area contributed by atoms with Crippen LogP contribution >= 0.6 is 0 Å². The predicted octanol–water partition coefficient (Wildman–Crippen LogP) is 1.27. The molecule has 1 N–H and O–H groups in total. The van der Waals surface area contributed by atoms with Crippen molar-refractivity contribution in [1.82, 2.24) is 5.32 Å². The minimum Gasteiger partial charge on any atom is -0.355 e. The minimum atomic E-state index is 0.140. The van der Waals surface area contributed by atoms with Crippen molar-refractivity contribution in [3.05, 3.63) is 0 Å². The first-order valence-electron chi connectivity index (χ1n) is 5.06. The van der Waals surface area contributed by atoms with E-state index in [9.17, 15) is 9.59 Å². The van der Waals surface area contributed by atoms with Gasteiger partial charge in [-0.1, -0.05) is 19.3 Å². The molecule has 0 heterocycles. The van der Waals surface area contributed by atoms with E-state index < -0.39 is 0 Å². The number of amides is 1. The van der Waals surface area contributed by atoms with E-state index in [1.165, 1.54) is 19.3 Å². The molecule has 1 rings (SSSR count). The molecule has 0 aromatic rings. The monoisotopic (exact) mass is 183 g/mol. The fourth-order valence-corrected chi connectivity index (χ4v) is 1.76. The van der Waals surface area contributed by atoms with Crippen LogP contribution in [0.1, 0.15) is 38.5 Å². The van der Waals surface area contributed by atoms with Gasteiger partial charge in [-0.15, -0.1) is 0 Å². The summed E-state index contributed by atoms with van der Waals surface area (Å²) in [5.41, 5.74) is 0. The van der Waals surface area contributed by atoms with Crippen molar-refractivity contribution >= 4 is 12.2 Å². The molecule has 13 heavy (non-hydrogen) atoms. The molecule has 1 amide bonds. The quantitative estimate of drug-likeness (QED) is 0.527. The molecule has 0 radical (unpaired) electrons. The van der Waals surface area contributed by atoms with E-state index in [2.05, 4.69) is 5.32 Å². The highest BCUT2D eigenvalue weighted by molar-refractivity contribution is 5.78. The lowest BCUT2D eigenvalue weighted by Crippen LogP contribution is -2.32. The first kappa shape index (κ1) is 10.2. The smallest absolute Gasteiger partial charge is 0.223 e. The summed E-state index contributed by atoms with van der Waals surface area (Å²) in [7, 11) is 0. The molecule has 74 valence electrons. The lowest BCUT2D eigenvalue weighted by Gasteiger charge is -2.20. The van der Waals surface area contributed by atoms with Crippen LogP contribution in [0, 0.1) is 5.92 Å². The summed E-state index contributed by atoms with van der Waals surface area (Å²) < 4.78 is 0. The van der Waals surface area contributed by atoms with Crippen LogP contribution in [0.3, 0.4) is 0 Å². The largest absolute Gasteiger partial charge is 0.355 e. The molecule has 0 spiro atoms. The van der Waals surface area contributed by atoms with Crippen molar-refractivity contribution in [2.45, 2.75) is 38.5 Å². The fraction of sp³-hybridized carbons (Fsp3) is 0.800. The number of aldehydes is 1. The topological polar surface area (TPSA) is 46.2 Å². The van der Waals surface area contributed by atoms with Crippen LogP contribution in [0.25, 0.3) is 0 Å². The summed E-state index contributed by atoms with van der Waals surface area (Å²) in [4.78, 5) is 21.5. The van der Waals surface area contributed by atoms with Crippen LogP contribution in [0.5, 0.6) is 0 Å². The van der Waals surface area contributed by atoms with Crippen LogP contribution in [-0.4, -0.2) is 18.7 Å². The maximum absolute atomic E-state index is 11.4. The first-order chi connectivity index (χ1) is 6.34. The van der Waals surface area contributed by atoms with Gasteiger partial charge in [-0.25, -0.2) is 0 Å². The van der Waals surface area contributed by atoms with E-state index in [0.29, 0.717) is 13.0 Å². The zero-order valence-electron chi connectivity index (χ0n) is 7.92. The van der Waals surface area contributed by atoms with Gasteiger partial charge in [0.2, 0.25) is 5.91 Å². The highest BCUT2D eigenvalue weighted by Crippen LogP contribution is 2.23. The van der Waals surface area contributed by atoms with Gasteiger partial charge in [0.05, 0.1) is 0 Å². The Morgan fingerprint density at radius 3 is 2.62 bits per heavy atom. The number of hydrogen-bond acceptors (Lipinski definition) is 2. The Bertz CT molecular complexity index is 174. The summed E-state index contributed by atoms with van der Waals surface area (Å²) in [5.74, 6) is 0.349. The number of carbonyl (C=O) groups excluding carboxylic acids is 2. The van der Waals surface area contributed by atoms with E-state index in [-0.39, 0.29) is 11.8 Å². The molecule has 0 bridgehead atoms. The molecule has 1 fully saturated rings. The number of carbonyl (C=O) groups is 2. The summed E-state index contributed by atoms with van der Waals surface area (Å²) in [5, 5.41) is 2.78. The zero-order chi connectivity index (χ0) is 9.52. The van der Waals surface area contributed by atoms with Crippen LogP contribution < -0.4 is 5.32 Å². The van der Waals surface area contributed by atoms with Crippen molar-refractivity contribution in [1.29, 1.82) is 0 Å². The van der Waals surface area contributed by atoms with Gasteiger partial charge in [-0.2, -0.15) is 0 Å². The van der Waals surface area contributed by atoms with E-state index in [1.807, 2.05) is 0 Å². The number of hydrogen-bond donors (Lipinski definition) is 1. The Hall–Kier alpha value is -0.860. The molecule has 1 saturated carbocycles. The van der Waals surface area contributed by atoms with Crippen LogP contribution in [-0.2, 0) is 9.59 Å². The molecule has 1 aliphatic carbocycles. The van der Waals surface area contributed by atoms with Crippen molar-refractivity contribution < 1.29 is 9.59 Å². The molecule has 3 heteroatoms. The predicted molar refractivity (Wildman–Crippen MR) is 50.3 cm³/mol. The van der Waals surface area contributed by atoms with Crippen LogP contribution in [0.4, 0.5) is 0 Å². The molecular weight excluding hydrogens is 166 g/mol. The molecule has 0 atom stereocenters. The molecule has 0 unspecified atom stereocenters. The van der Waals surface area contributed by atoms with Gasteiger partial charge in [0.15, 0.2) is 0 Å². The van der Waals surface area contributed by atoms with Crippen molar-refractivity contribution in [3.8, 4) is 0 Å². The van der Waals surface area contributed by atoms with E-state index >= 15 is 0 Å². The summed E-state index contributed by atoms with van der Waals surface area (Å²) in [6.07, 6.45) is 6.91. The molecule has 0 saturated heterocycles. The third kappa shape index (κ3) is 3.57. The number of rotatable bonds is 4. The van der Waals surface area contributed by atoms with Gasteiger partial charge in [0, 0.05) is 18.9 Å². The molecule has 0 aromatic heterocycles. The highest BCUT2D eigenvalue weighted by Gasteiger charge is 2.20. The zero-order valence-corrected chi connectivity index (χ0v) is 7.92. The van der Waals surface area contributed by atoms with Crippen molar-refractivity contribution in [2.75, 3.05) is 6.54 Å². The molecular formula is C10H17NO2. The third-order valence-electron chi connectivity index (χ3n) is 2.54. The molecule has 1 aliphatic rings. The lowest BCUT2D eigenvalue weighted by atomic mass is 9.89. The van der Waals surface area contributed by atoms with E-state index in [4.69, 9.17) is 0 Å². The standard InChI is InChI=1S/C10H17NO2/c12-8-4-7-11-10(13)9-5-2-1-3-6-9/h8-9H,1-7H2,(H,11,13). The Morgan fingerprint density at radius 1 is 1.31 bits per heavy atom. The van der Waals surface area contributed by atoms with Gasteiger partial charge in [0.25, 0.3) is 0 Å².